The van der Waals surface area contributed by atoms with Crippen molar-refractivity contribution in [3.63, 3.8) is 0 Å². The number of unbranched alkanes of at least 4 members (excludes halogenated alkanes) is 1. The summed E-state index contributed by atoms with van der Waals surface area (Å²) >= 11 is 1.90. The molecule has 6 heteroatoms. The van der Waals surface area contributed by atoms with Gasteiger partial charge in [0.05, 0.1) is 12.1 Å². The van der Waals surface area contributed by atoms with Crippen LogP contribution in [-0.4, -0.2) is 41.7 Å². The second-order valence-electron chi connectivity index (χ2n) is 4.84. The lowest BCUT2D eigenvalue weighted by molar-refractivity contribution is -0.142. The zero-order chi connectivity index (χ0) is 13.7. The van der Waals surface area contributed by atoms with E-state index in [2.05, 4.69) is 17.2 Å². The van der Waals surface area contributed by atoms with Crippen LogP contribution in [0.3, 0.4) is 0 Å². The van der Waals surface area contributed by atoms with Gasteiger partial charge in [0.1, 0.15) is 6.61 Å². The average Bonchev–Trinajstić information content (AvgIpc) is 2.92. The Bertz CT molecular complexity index is 362. The van der Waals surface area contributed by atoms with Gasteiger partial charge in [-0.2, -0.15) is 11.8 Å². The van der Waals surface area contributed by atoms with Gasteiger partial charge in [0.15, 0.2) is 0 Å². The predicted octanol–water partition coefficient (Wildman–Crippen LogP) is 1.44. The molecule has 106 valence electrons. The minimum absolute atomic E-state index is 0.0479. The minimum atomic E-state index is -0.160. The molecule has 0 aromatic heterocycles. The maximum atomic E-state index is 11.3. The van der Waals surface area contributed by atoms with Gasteiger partial charge in [0, 0.05) is 17.4 Å². The summed E-state index contributed by atoms with van der Waals surface area (Å²) in [6, 6.07) is 0.485. The van der Waals surface area contributed by atoms with E-state index < -0.39 is 0 Å². The van der Waals surface area contributed by atoms with Crippen LogP contribution >= 0.6 is 11.8 Å². The number of amides is 2. The molecule has 2 saturated heterocycles. The summed E-state index contributed by atoms with van der Waals surface area (Å²) in [6.45, 7) is 3.79. The number of thioether (sulfide) groups is 1. The molecule has 0 radical (unpaired) electrons. The highest BCUT2D eigenvalue weighted by Crippen LogP contribution is 2.33. The van der Waals surface area contributed by atoms with Crippen molar-refractivity contribution in [3.05, 3.63) is 12.7 Å². The number of hydrogen-bond acceptors (Lipinski definition) is 4. The number of nitrogens with one attached hydrogen (secondary N) is 2. The average molecular weight is 284 g/mol. The molecule has 5 nitrogen and oxygen atoms in total. The van der Waals surface area contributed by atoms with E-state index in [4.69, 9.17) is 4.74 Å². The fourth-order valence-corrected chi connectivity index (χ4v) is 4.03. The van der Waals surface area contributed by atoms with E-state index in [1.54, 1.807) is 6.08 Å². The molecule has 0 aromatic rings. The maximum Gasteiger partial charge on any atom is 0.315 e. The van der Waals surface area contributed by atoms with Gasteiger partial charge in [0.25, 0.3) is 0 Å². The summed E-state index contributed by atoms with van der Waals surface area (Å²) in [5, 5.41) is 6.36. The van der Waals surface area contributed by atoms with E-state index in [0.29, 0.717) is 18.3 Å². The second kappa shape index (κ2) is 6.84. The highest BCUT2D eigenvalue weighted by molar-refractivity contribution is 8.00. The van der Waals surface area contributed by atoms with Crippen LogP contribution in [0, 0.1) is 0 Å². The normalized spacial score (nSPS) is 28.4. The number of esters is 1. The van der Waals surface area contributed by atoms with E-state index in [9.17, 15) is 9.59 Å². The summed E-state index contributed by atoms with van der Waals surface area (Å²) in [4.78, 5) is 22.5. The molecule has 19 heavy (non-hydrogen) atoms. The fourth-order valence-electron chi connectivity index (χ4n) is 2.48. The van der Waals surface area contributed by atoms with Crippen LogP contribution in [0.15, 0.2) is 12.7 Å². The Morgan fingerprint density at radius 3 is 3.11 bits per heavy atom. The van der Waals surface area contributed by atoms with Gasteiger partial charge in [-0.05, 0) is 12.8 Å². The van der Waals surface area contributed by atoms with Gasteiger partial charge in [-0.15, -0.1) is 0 Å². The van der Waals surface area contributed by atoms with E-state index in [-0.39, 0.29) is 24.1 Å². The highest BCUT2D eigenvalue weighted by Gasteiger charge is 2.42. The van der Waals surface area contributed by atoms with Gasteiger partial charge >= 0.3 is 12.0 Å². The number of rotatable bonds is 7. The molecule has 2 aliphatic rings. The Balaban J connectivity index is 1.60. The third kappa shape index (κ3) is 3.89. The number of fused-ring (bicyclic) bond motifs is 1. The molecule has 0 spiro atoms. The Hall–Kier alpha value is -1.17. The second-order valence-corrected chi connectivity index (χ2v) is 6.11. The lowest BCUT2D eigenvalue weighted by atomic mass is 10.0. The van der Waals surface area contributed by atoms with Crippen molar-refractivity contribution in [2.45, 2.75) is 43.0 Å². The molecule has 2 N–H and O–H groups in total. The molecule has 2 heterocycles. The third-order valence-corrected chi connectivity index (χ3v) is 4.93. The molecular formula is C13H20N2O3S. The fraction of sp³-hybridized carbons (Fsp3) is 0.692. The van der Waals surface area contributed by atoms with E-state index in [1.807, 2.05) is 11.8 Å². The van der Waals surface area contributed by atoms with E-state index in [0.717, 1.165) is 25.0 Å². The van der Waals surface area contributed by atoms with Crippen LogP contribution < -0.4 is 10.6 Å². The van der Waals surface area contributed by atoms with Crippen LogP contribution in [0.25, 0.3) is 0 Å². The molecule has 2 fully saturated rings. The number of carbonyl (C=O) groups excluding carboxylic acids is 2. The molecule has 0 bridgehead atoms. The standard InChI is InChI=1S/C13H20N2O3S/c1-2-7-18-11(16)6-4-3-5-10-12-9(8-19-10)14-13(17)15-12/h2,9-10,12H,1,3-8H2,(H2,14,15,17)/t9-,10-,12+/m0/s1. The first kappa shape index (κ1) is 14.2. The van der Waals surface area contributed by atoms with Crippen LogP contribution in [0.4, 0.5) is 4.79 Å². The van der Waals surface area contributed by atoms with Gasteiger partial charge in [0.2, 0.25) is 0 Å². The van der Waals surface area contributed by atoms with Crippen molar-refractivity contribution in [2.24, 2.45) is 0 Å². The molecule has 0 aliphatic carbocycles. The zero-order valence-electron chi connectivity index (χ0n) is 10.9. The SMILES string of the molecule is C=CCOC(=O)CCCC[C@@H]1SC[C@@H]2NC(=O)N[C@H]21. The summed E-state index contributed by atoms with van der Waals surface area (Å²) in [5.74, 6) is 0.822. The Kier molecular flexibility index (Phi) is 5.13. The van der Waals surface area contributed by atoms with Crippen molar-refractivity contribution in [1.29, 1.82) is 0 Å². The lowest BCUT2D eigenvalue weighted by Gasteiger charge is -2.16. The van der Waals surface area contributed by atoms with Gasteiger partial charge in [-0.1, -0.05) is 19.1 Å². The Labute approximate surface area is 117 Å². The molecule has 0 aromatic carbocycles. The van der Waals surface area contributed by atoms with Gasteiger partial charge in [-0.25, -0.2) is 4.79 Å². The number of carbonyl (C=O) groups is 2. The van der Waals surface area contributed by atoms with Crippen molar-refractivity contribution >= 4 is 23.8 Å². The van der Waals surface area contributed by atoms with Crippen LogP contribution in [-0.2, 0) is 9.53 Å². The monoisotopic (exact) mass is 284 g/mol. The van der Waals surface area contributed by atoms with Gasteiger partial charge in [-0.3, -0.25) is 4.79 Å². The minimum Gasteiger partial charge on any atom is -0.461 e. The van der Waals surface area contributed by atoms with Crippen molar-refractivity contribution in [2.75, 3.05) is 12.4 Å². The zero-order valence-corrected chi connectivity index (χ0v) is 11.7. The Morgan fingerprint density at radius 2 is 2.32 bits per heavy atom. The first-order valence-electron chi connectivity index (χ1n) is 6.66. The summed E-state index contributed by atoms with van der Waals surface area (Å²) < 4.78 is 4.92. The molecule has 2 amide bonds. The van der Waals surface area contributed by atoms with Crippen molar-refractivity contribution in [1.82, 2.24) is 10.6 Å². The molecule has 2 aliphatic heterocycles. The molecule has 3 atom stereocenters. The van der Waals surface area contributed by atoms with Crippen LogP contribution in [0.5, 0.6) is 0 Å². The maximum absolute atomic E-state index is 11.3. The third-order valence-electron chi connectivity index (χ3n) is 3.42. The summed E-state index contributed by atoms with van der Waals surface area (Å²) in [6.07, 6.45) is 4.89. The molecule has 0 unspecified atom stereocenters. The Morgan fingerprint density at radius 1 is 1.47 bits per heavy atom. The smallest absolute Gasteiger partial charge is 0.315 e. The molecular weight excluding hydrogens is 264 g/mol. The quantitative estimate of drug-likeness (QED) is 0.321. The number of ether oxygens (including phenoxy) is 1. The van der Waals surface area contributed by atoms with E-state index in [1.165, 1.54) is 0 Å². The number of hydrogen-bond donors (Lipinski definition) is 2. The van der Waals surface area contributed by atoms with Crippen molar-refractivity contribution in [3.8, 4) is 0 Å². The largest absolute Gasteiger partial charge is 0.461 e. The first-order chi connectivity index (χ1) is 9.20. The molecule has 0 saturated carbocycles. The van der Waals surface area contributed by atoms with Gasteiger partial charge < -0.3 is 15.4 Å². The van der Waals surface area contributed by atoms with E-state index >= 15 is 0 Å². The van der Waals surface area contributed by atoms with Crippen LogP contribution in [0.2, 0.25) is 0 Å². The lowest BCUT2D eigenvalue weighted by Crippen LogP contribution is -2.36. The number of urea groups is 1. The summed E-state index contributed by atoms with van der Waals surface area (Å²) in [7, 11) is 0. The summed E-state index contributed by atoms with van der Waals surface area (Å²) in [5.41, 5.74) is 0. The topological polar surface area (TPSA) is 67.4 Å². The van der Waals surface area contributed by atoms with Crippen molar-refractivity contribution < 1.29 is 14.3 Å². The van der Waals surface area contributed by atoms with Crippen LogP contribution in [0.1, 0.15) is 25.7 Å². The molecule has 2 rings (SSSR count). The predicted molar refractivity (Wildman–Crippen MR) is 75.1 cm³/mol. The highest BCUT2D eigenvalue weighted by atomic mass is 32.2. The first-order valence-corrected chi connectivity index (χ1v) is 7.70.